The molecule has 5 aromatic rings. The molecule has 192 valence electrons. The monoisotopic (exact) mass is 549 g/mol. The van der Waals surface area contributed by atoms with E-state index in [0.29, 0.717) is 16.3 Å². The molecule has 3 aromatic heterocycles. The van der Waals surface area contributed by atoms with Gasteiger partial charge in [0.15, 0.2) is 0 Å². The quantitative estimate of drug-likeness (QED) is 0.280. The van der Waals surface area contributed by atoms with Crippen molar-refractivity contribution in [2.24, 2.45) is 0 Å². The molecule has 2 aromatic carbocycles. The van der Waals surface area contributed by atoms with Gasteiger partial charge < -0.3 is 10.6 Å². The van der Waals surface area contributed by atoms with Gasteiger partial charge in [-0.25, -0.2) is 22.3 Å². The molecule has 0 radical (unpaired) electrons. The molecule has 0 aliphatic rings. The fourth-order valence-corrected chi connectivity index (χ4v) is 5.86. The number of nitrogens with one attached hydrogen (secondary N) is 3. The van der Waals surface area contributed by atoms with Crippen molar-refractivity contribution in [3.8, 4) is 16.8 Å². The summed E-state index contributed by atoms with van der Waals surface area (Å²) in [6.45, 7) is 0. The van der Waals surface area contributed by atoms with Gasteiger partial charge in [0.25, 0.3) is 15.6 Å². The van der Waals surface area contributed by atoms with Crippen molar-refractivity contribution in [2.75, 3.05) is 17.7 Å². The van der Waals surface area contributed by atoms with Crippen LogP contribution < -0.4 is 20.9 Å². The minimum atomic E-state index is -4.05. The maximum Gasteiger partial charge on any atom is 0.333 e. The number of benzene rings is 2. The van der Waals surface area contributed by atoms with Crippen molar-refractivity contribution in [2.45, 2.75) is 4.21 Å². The van der Waals surface area contributed by atoms with Crippen LogP contribution in [0.2, 0.25) is 0 Å². The van der Waals surface area contributed by atoms with Gasteiger partial charge in [0.1, 0.15) is 10.0 Å². The van der Waals surface area contributed by atoms with Gasteiger partial charge in [-0.1, -0.05) is 6.07 Å². The number of carbonyl (C=O) groups excluding carboxylic acids is 1. The number of fused-ring (bicyclic) bond motifs is 1. The molecule has 3 heterocycles. The molecule has 0 bridgehead atoms. The van der Waals surface area contributed by atoms with Crippen molar-refractivity contribution in [3.63, 3.8) is 0 Å². The van der Waals surface area contributed by atoms with Crippen molar-refractivity contribution in [1.82, 2.24) is 14.3 Å². The summed E-state index contributed by atoms with van der Waals surface area (Å²) in [4.78, 5) is 29.7. The van der Waals surface area contributed by atoms with Crippen LogP contribution in [0.4, 0.5) is 20.6 Å². The smallest absolute Gasteiger partial charge is 0.333 e. The Hall–Kier alpha value is -4.55. The lowest BCUT2D eigenvalue weighted by atomic mass is 10.0. The summed E-state index contributed by atoms with van der Waals surface area (Å²) in [5.41, 5.74) is 1.83. The summed E-state index contributed by atoms with van der Waals surface area (Å²) in [7, 11) is -2.28. The van der Waals surface area contributed by atoms with E-state index in [0.717, 1.165) is 28.7 Å². The Labute approximate surface area is 220 Å². The Morgan fingerprint density at radius 1 is 1.00 bits per heavy atom. The SMILES string of the molecule is CNc1ccc2c(=O)n(-c3ccc(NC(=O)NS(=O)(=O)c4cccs4)cc3F)cc(-c3ccncc3)c2c1. The first-order chi connectivity index (χ1) is 18.3. The molecule has 5 rings (SSSR count). The van der Waals surface area contributed by atoms with Gasteiger partial charge >= 0.3 is 6.03 Å². The first-order valence-corrected chi connectivity index (χ1v) is 13.6. The van der Waals surface area contributed by atoms with Gasteiger partial charge in [-0.15, -0.1) is 11.3 Å². The van der Waals surface area contributed by atoms with Gasteiger partial charge in [0, 0.05) is 48.0 Å². The zero-order chi connectivity index (χ0) is 26.9. The number of hydrogen-bond donors (Lipinski definition) is 3. The van der Waals surface area contributed by atoms with E-state index in [4.69, 9.17) is 0 Å². The largest absolute Gasteiger partial charge is 0.388 e. The molecule has 0 saturated carbocycles. The van der Waals surface area contributed by atoms with Crippen LogP contribution in [0.15, 0.2) is 93.6 Å². The Morgan fingerprint density at radius 3 is 2.45 bits per heavy atom. The van der Waals surface area contributed by atoms with E-state index in [-0.39, 0.29) is 15.6 Å². The van der Waals surface area contributed by atoms with E-state index in [1.54, 1.807) is 61.4 Å². The highest BCUT2D eigenvalue weighted by atomic mass is 32.2. The zero-order valence-electron chi connectivity index (χ0n) is 19.8. The Kier molecular flexibility index (Phi) is 6.66. The first kappa shape index (κ1) is 25.1. The summed E-state index contributed by atoms with van der Waals surface area (Å²) < 4.78 is 42.9. The highest BCUT2D eigenvalue weighted by Gasteiger charge is 2.19. The zero-order valence-corrected chi connectivity index (χ0v) is 21.4. The Bertz CT molecular complexity index is 1820. The summed E-state index contributed by atoms with van der Waals surface area (Å²) in [6.07, 6.45) is 4.82. The number of aromatic nitrogens is 2. The van der Waals surface area contributed by atoms with E-state index < -0.39 is 27.4 Å². The molecule has 0 spiro atoms. The van der Waals surface area contributed by atoms with Gasteiger partial charge in [-0.05, 0) is 70.9 Å². The molecule has 0 saturated heterocycles. The van der Waals surface area contributed by atoms with E-state index >= 15 is 4.39 Å². The summed E-state index contributed by atoms with van der Waals surface area (Å²) >= 11 is 0.954. The molecule has 12 heteroatoms. The minimum Gasteiger partial charge on any atom is -0.388 e. The van der Waals surface area contributed by atoms with Gasteiger partial charge in [-0.3, -0.25) is 14.3 Å². The summed E-state index contributed by atoms with van der Waals surface area (Å²) in [6, 6.07) is 14.5. The van der Waals surface area contributed by atoms with Crippen molar-refractivity contribution >= 4 is 49.5 Å². The van der Waals surface area contributed by atoms with Crippen LogP contribution in [0.1, 0.15) is 0 Å². The van der Waals surface area contributed by atoms with E-state index in [2.05, 4.69) is 15.6 Å². The molecule has 0 atom stereocenters. The average molecular weight is 550 g/mol. The summed E-state index contributed by atoms with van der Waals surface area (Å²) in [5, 5.41) is 8.00. The number of halogens is 1. The number of carbonyl (C=O) groups is 1. The van der Waals surface area contributed by atoms with Crippen LogP contribution in [0.3, 0.4) is 0 Å². The highest BCUT2D eigenvalue weighted by molar-refractivity contribution is 7.92. The number of urea groups is 1. The van der Waals surface area contributed by atoms with E-state index in [1.807, 2.05) is 10.8 Å². The number of amides is 2. The van der Waals surface area contributed by atoms with Crippen LogP contribution in [0.5, 0.6) is 0 Å². The predicted molar refractivity (Wildman–Crippen MR) is 146 cm³/mol. The lowest BCUT2D eigenvalue weighted by Gasteiger charge is -2.15. The lowest BCUT2D eigenvalue weighted by molar-refractivity contribution is 0.256. The van der Waals surface area contributed by atoms with Crippen LogP contribution in [-0.2, 0) is 10.0 Å². The second-order valence-corrected chi connectivity index (χ2v) is 11.0. The van der Waals surface area contributed by atoms with Gasteiger partial charge in [-0.2, -0.15) is 0 Å². The molecular formula is C26H20FN5O4S2. The normalized spacial score (nSPS) is 11.3. The van der Waals surface area contributed by atoms with Crippen LogP contribution in [0.25, 0.3) is 27.6 Å². The maximum absolute atomic E-state index is 15.3. The molecular weight excluding hydrogens is 529 g/mol. The van der Waals surface area contributed by atoms with E-state index in [9.17, 15) is 18.0 Å². The second kappa shape index (κ2) is 10.1. The third kappa shape index (κ3) is 4.86. The third-order valence-electron chi connectivity index (χ3n) is 5.75. The Balaban J connectivity index is 1.52. The van der Waals surface area contributed by atoms with Gasteiger partial charge in [0.05, 0.1) is 5.69 Å². The lowest BCUT2D eigenvalue weighted by Crippen LogP contribution is -2.34. The molecule has 38 heavy (non-hydrogen) atoms. The number of thiophene rings is 1. The molecule has 9 nitrogen and oxygen atoms in total. The standard InChI is InChI=1S/C26H20FN5O4S2/c1-28-17-4-6-19-20(13-17)21(16-8-10-29-11-9-16)15-32(25(19)33)23-7-5-18(14-22(23)27)30-26(34)31-38(35,36)24-3-2-12-37-24/h2-15,28H,1H3,(H2,30,31,34). The fraction of sp³-hybridized carbons (Fsp3) is 0.0385. The first-order valence-electron chi connectivity index (χ1n) is 11.2. The highest BCUT2D eigenvalue weighted by Crippen LogP contribution is 2.30. The predicted octanol–water partition coefficient (Wildman–Crippen LogP) is 4.81. The average Bonchev–Trinajstić information content (AvgIpc) is 3.46. The van der Waals surface area contributed by atoms with E-state index in [1.165, 1.54) is 22.8 Å². The maximum atomic E-state index is 15.3. The second-order valence-electron chi connectivity index (χ2n) is 8.12. The molecule has 0 aliphatic carbocycles. The topological polar surface area (TPSA) is 122 Å². The van der Waals surface area contributed by atoms with Crippen molar-refractivity contribution < 1.29 is 17.6 Å². The van der Waals surface area contributed by atoms with Crippen LogP contribution in [-0.4, -0.2) is 31.0 Å². The molecule has 0 fully saturated rings. The molecule has 0 unspecified atom stereocenters. The number of hydrogen-bond acceptors (Lipinski definition) is 7. The van der Waals surface area contributed by atoms with Gasteiger partial charge in [0.2, 0.25) is 0 Å². The number of sulfonamides is 1. The minimum absolute atomic E-state index is 0.00647. The van der Waals surface area contributed by atoms with Crippen LogP contribution >= 0.6 is 11.3 Å². The number of nitrogens with zero attached hydrogens (tertiary/aromatic N) is 2. The van der Waals surface area contributed by atoms with Crippen molar-refractivity contribution in [1.29, 1.82) is 0 Å². The molecule has 3 N–H and O–H groups in total. The summed E-state index contributed by atoms with van der Waals surface area (Å²) in [5.74, 6) is -0.794. The number of pyridine rings is 2. The molecule has 0 aliphatic heterocycles. The molecule has 2 amide bonds. The Morgan fingerprint density at radius 2 is 1.76 bits per heavy atom. The van der Waals surface area contributed by atoms with Crippen molar-refractivity contribution in [3.05, 3.63) is 101 Å². The van der Waals surface area contributed by atoms with Crippen LogP contribution in [0, 0.1) is 5.82 Å². The fourth-order valence-electron chi connectivity index (χ4n) is 3.96. The number of rotatable bonds is 6. The number of anilines is 2. The third-order valence-corrected chi connectivity index (χ3v) is 8.48.